The van der Waals surface area contributed by atoms with Gasteiger partial charge in [-0.1, -0.05) is 49.7 Å². The van der Waals surface area contributed by atoms with E-state index in [2.05, 4.69) is 0 Å². The maximum Gasteiger partial charge on any atom is 0.337 e. The zero-order chi connectivity index (χ0) is 18.4. The number of aromatic carboxylic acids is 1. The Hall–Kier alpha value is -2.31. The molecular weight excluding hydrogens is 362 g/mol. The van der Waals surface area contributed by atoms with Crippen LogP contribution in [0.1, 0.15) is 35.7 Å². The molecule has 5 nitrogen and oxygen atoms in total. The van der Waals surface area contributed by atoms with Crippen LogP contribution in [0.15, 0.2) is 53.6 Å². The van der Waals surface area contributed by atoms with Gasteiger partial charge in [-0.25, -0.2) is 17.2 Å². The van der Waals surface area contributed by atoms with Crippen LogP contribution in [0.4, 0.5) is 0 Å². The van der Waals surface area contributed by atoms with Crippen molar-refractivity contribution < 1.29 is 18.3 Å². The predicted molar refractivity (Wildman–Crippen MR) is 97.0 cm³/mol. The number of nitrogens with zero attached hydrogens (tertiary/aromatic N) is 1. The Morgan fingerprint density at radius 2 is 1.76 bits per heavy atom. The Balaban J connectivity index is 2.26. The second-order valence-corrected chi connectivity index (χ2v) is 8.23. The zero-order valence-electron chi connectivity index (χ0n) is 13.6. The molecule has 0 aliphatic carbocycles. The van der Waals surface area contributed by atoms with Gasteiger partial charge in [-0.2, -0.15) is 0 Å². The van der Waals surface area contributed by atoms with Crippen molar-refractivity contribution in [3.63, 3.8) is 0 Å². The van der Waals surface area contributed by atoms with Crippen molar-refractivity contribution in [1.29, 1.82) is 0 Å². The molecule has 7 heteroatoms. The van der Waals surface area contributed by atoms with E-state index in [0.717, 1.165) is 15.7 Å². The Morgan fingerprint density at radius 3 is 2.32 bits per heavy atom. The van der Waals surface area contributed by atoms with Gasteiger partial charge in [-0.05, 0) is 29.7 Å². The van der Waals surface area contributed by atoms with Crippen molar-refractivity contribution in [2.24, 2.45) is 0 Å². The van der Waals surface area contributed by atoms with Crippen LogP contribution in [-0.4, -0.2) is 23.5 Å². The number of carboxylic acid groups (broad SMARTS) is 1. The highest BCUT2D eigenvalue weighted by molar-refractivity contribution is 7.90. The van der Waals surface area contributed by atoms with E-state index in [4.69, 9.17) is 11.6 Å². The number of benzene rings is 2. The fourth-order valence-electron chi connectivity index (χ4n) is 2.71. The molecule has 1 N–H and O–H groups in total. The van der Waals surface area contributed by atoms with Crippen LogP contribution in [-0.2, 0) is 10.0 Å². The van der Waals surface area contributed by atoms with Gasteiger partial charge in [0.25, 0.3) is 10.0 Å². The normalized spacial score (nSPS) is 12.0. The van der Waals surface area contributed by atoms with Crippen LogP contribution in [0.25, 0.3) is 10.9 Å². The van der Waals surface area contributed by atoms with Crippen molar-refractivity contribution >= 4 is 38.5 Å². The number of hydrogen-bond donors (Lipinski definition) is 1. The SMILES string of the molecule is CC(C)c1ccc(S(=O)(=O)n2cc(C(=O)O)c3cccc(Cl)c32)cc1. The fourth-order valence-corrected chi connectivity index (χ4v) is 4.41. The van der Waals surface area contributed by atoms with Gasteiger partial charge in [-0.15, -0.1) is 0 Å². The van der Waals surface area contributed by atoms with Gasteiger partial charge in [0.2, 0.25) is 0 Å². The number of halogens is 1. The Kier molecular flexibility index (Phi) is 4.34. The first-order valence-electron chi connectivity index (χ1n) is 7.62. The molecule has 3 rings (SSSR count). The van der Waals surface area contributed by atoms with Gasteiger partial charge in [0.1, 0.15) is 0 Å². The molecule has 0 saturated heterocycles. The van der Waals surface area contributed by atoms with E-state index in [1.54, 1.807) is 24.3 Å². The molecule has 0 spiro atoms. The molecule has 0 aliphatic rings. The topological polar surface area (TPSA) is 76.4 Å². The third-order valence-corrected chi connectivity index (χ3v) is 6.06. The number of hydrogen-bond acceptors (Lipinski definition) is 3. The van der Waals surface area contributed by atoms with Crippen LogP contribution in [0.3, 0.4) is 0 Å². The molecule has 1 aromatic heterocycles. The molecule has 0 bridgehead atoms. The largest absolute Gasteiger partial charge is 0.478 e. The summed E-state index contributed by atoms with van der Waals surface area (Å²) in [6.07, 6.45) is 1.10. The highest BCUT2D eigenvalue weighted by Gasteiger charge is 2.25. The molecule has 2 aromatic carbocycles. The minimum atomic E-state index is -3.97. The lowest BCUT2D eigenvalue weighted by Crippen LogP contribution is -2.12. The van der Waals surface area contributed by atoms with Crippen LogP contribution in [0.2, 0.25) is 5.02 Å². The molecular formula is C18H16ClNO4S. The molecule has 0 amide bonds. The molecule has 1 heterocycles. The minimum absolute atomic E-state index is 0.0747. The van der Waals surface area contributed by atoms with Crippen LogP contribution in [0.5, 0.6) is 0 Å². The van der Waals surface area contributed by atoms with Crippen molar-refractivity contribution in [1.82, 2.24) is 3.97 Å². The van der Waals surface area contributed by atoms with E-state index in [1.807, 2.05) is 13.8 Å². The number of para-hydroxylation sites is 1. The van der Waals surface area contributed by atoms with E-state index in [1.165, 1.54) is 18.2 Å². The first-order valence-corrected chi connectivity index (χ1v) is 9.43. The highest BCUT2D eigenvalue weighted by Crippen LogP contribution is 2.31. The lowest BCUT2D eigenvalue weighted by molar-refractivity contribution is 0.0699. The lowest BCUT2D eigenvalue weighted by atomic mass is 10.0. The number of fused-ring (bicyclic) bond motifs is 1. The molecule has 0 unspecified atom stereocenters. The zero-order valence-corrected chi connectivity index (χ0v) is 15.2. The standard InChI is InChI=1S/C18H16ClNO4S/c1-11(2)12-6-8-13(9-7-12)25(23,24)20-10-15(18(21)22)14-4-3-5-16(19)17(14)20/h3-11H,1-2H3,(H,21,22). The lowest BCUT2D eigenvalue weighted by Gasteiger charge is -2.10. The molecule has 0 radical (unpaired) electrons. The summed E-state index contributed by atoms with van der Waals surface area (Å²) < 4.78 is 27.0. The van der Waals surface area contributed by atoms with Gasteiger partial charge in [-0.3, -0.25) is 0 Å². The van der Waals surface area contributed by atoms with Crippen LogP contribution < -0.4 is 0 Å². The van der Waals surface area contributed by atoms with E-state index in [-0.39, 0.29) is 32.3 Å². The fraction of sp³-hybridized carbons (Fsp3) is 0.167. The summed E-state index contributed by atoms with van der Waals surface area (Å²) in [5.41, 5.74) is 1.06. The smallest absolute Gasteiger partial charge is 0.337 e. The van der Waals surface area contributed by atoms with Crippen molar-refractivity contribution in [2.75, 3.05) is 0 Å². The number of carbonyl (C=O) groups is 1. The summed E-state index contributed by atoms with van der Waals surface area (Å²) in [6.45, 7) is 4.03. The molecule has 0 aliphatic heterocycles. The minimum Gasteiger partial charge on any atom is -0.478 e. The Morgan fingerprint density at radius 1 is 1.12 bits per heavy atom. The third kappa shape index (κ3) is 2.92. The third-order valence-electron chi connectivity index (χ3n) is 4.08. The van der Waals surface area contributed by atoms with Gasteiger partial charge in [0.05, 0.1) is 21.0 Å². The van der Waals surface area contributed by atoms with Gasteiger partial charge in [0.15, 0.2) is 0 Å². The maximum atomic E-state index is 13.0. The summed E-state index contributed by atoms with van der Waals surface area (Å²) in [7, 11) is -3.97. The van der Waals surface area contributed by atoms with E-state index < -0.39 is 16.0 Å². The van der Waals surface area contributed by atoms with Gasteiger partial charge < -0.3 is 5.11 Å². The summed E-state index contributed by atoms with van der Waals surface area (Å²) >= 11 is 6.16. The molecule has 25 heavy (non-hydrogen) atoms. The van der Waals surface area contributed by atoms with Crippen molar-refractivity contribution in [2.45, 2.75) is 24.7 Å². The van der Waals surface area contributed by atoms with Crippen LogP contribution in [0, 0.1) is 0 Å². The number of aromatic nitrogens is 1. The first-order chi connectivity index (χ1) is 11.7. The quantitative estimate of drug-likeness (QED) is 0.733. The van der Waals surface area contributed by atoms with Gasteiger partial charge >= 0.3 is 5.97 Å². The number of rotatable bonds is 4. The van der Waals surface area contributed by atoms with Crippen molar-refractivity contribution in [3.05, 3.63) is 64.8 Å². The van der Waals surface area contributed by atoms with Crippen LogP contribution >= 0.6 is 11.6 Å². The predicted octanol–water partition coefficient (Wildman–Crippen LogP) is 4.35. The Labute approximate surface area is 150 Å². The first kappa shape index (κ1) is 17.5. The number of carboxylic acids is 1. The van der Waals surface area contributed by atoms with E-state index in [0.29, 0.717) is 0 Å². The van der Waals surface area contributed by atoms with E-state index >= 15 is 0 Å². The summed E-state index contributed by atoms with van der Waals surface area (Å²) in [6, 6.07) is 11.2. The second kappa shape index (κ2) is 6.20. The maximum absolute atomic E-state index is 13.0. The molecule has 3 aromatic rings. The Bertz CT molecular complexity index is 1070. The monoisotopic (exact) mass is 377 g/mol. The molecule has 0 atom stereocenters. The molecule has 0 fully saturated rings. The summed E-state index contributed by atoms with van der Waals surface area (Å²) in [5.74, 6) is -0.936. The summed E-state index contributed by atoms with van der Waals surface area (Å²) in [4.78, 5) is 11.5. The highest BCUT2D eigenvalue weighted by atomic mass is 35.5. The summed E-state index contributed by atoms with van der Waals surface area (Å²) in [5, 5.41) is 9.82. The second-order valence-electron chi connectivity index (χ2n) is 6.01. The molecule has 130 valence electrons. The average molecular weight is 378 g/mol. The van der Waals surface area contributed by atoms with Gasteiger partial charge in [0, 0.05) is 11.6 Å². The van der Waals surface area contributed by atoms with Crippen molar-refractivity contribution in [3.8, 4) is 0 Å². The molecule has 0 saturated carbocycles. The van der Waals surface area contributed by atoms with E-state index in [9.17, 15) is 18.3 Å². The average Bonchev–Trinajstić information content (AvgIpc) is 2.97.